The minimum Gasteiger partial charge on any atom is -0.370 e. The molecule has 1 atom stereocenters. The highest BCUT2D eigenvalue weighted by molar-refractivity contribution is 6.30. The second-order valence-corrected chi connectivity index (χ2v) is 10.3. The molecular weight excluding hydrogens is 505 g/mol. The van der Waals surface area contributed by atoms with Gasteiger partial charge in [0.1, 0.15) is 11.9 Å². The summed E-state index contributed by atoms with van der Waals surface area (Å²) in [6, 6.07) is 18.2. The van der Waals surface area contributed by atoms with Crippen molar-refractivity contribution in [2.45, 2.75) is 25.4 Å². The Hall–Kier alpha value is -3.62. The summed E-state index contributed by atoms with van der Waals surface area (Å²) in [5.74, 6) is -0.935. The maximum absolute atomic E-state index is 15.2. The Balaban J connectivity index is 1.34. The predicted molar refractivity (Wildman–Crippen MR) is 149 cm³/mol. The number of nitrogens with zero attached hydrogens (tertiary/aromatic N) is 3. The number of carbonyl (C=O) groups is 2. The number of likely N-dealkylation sites (N-methyl/N-ethyl adjacent to an activating group) is 1. The Kier molecular flexibility index (Phi) is 7.81. The van der Waals surface area contributed by atoms with E-state index in [1.54, 1.807) is 30.3 Å². The minimum atomic E-state index is -0.808. The molecule has 0 radical (unpaired) electrons. The van der Waals surface area contributed by atoms with Crippen molar-refractivity contribution in [3.8, 4) is 0 Å². The lowest BCUT2D eigenvalue weighted by Crippen LogP contribution is -2.52. The second-order valence-electron chi connectivity index (χ2n) is 9.85. The first-order valence-corrected chi connectivity index (χ1v) is 13.2. The summed E-state index contributed by atoms with van der Waals surface area (Å²) >= 11 is 5.96. The van der Waals surface area contributed by atoms with Crippen LogP contribution in [0.25, 0.3) is 0 Å². The lowest BCUT2D eigenvalue weighted by atomic mass is 9.93. The molecule has 5 rings (SSSR count). The van der Waals surface area contributed by atoms with Crippen LogP contribution in [-0.2, 0) is 17.8 Å². The van der Waals surface area contributed by atoms with Crippen LogP contribution in [0.5, 0.6) is 0 Å². The number of anilines is 3. The van der Waals surface area contributed by atoms with E-state index in [-0.39, 0.29) is 12.2 Å². The molecule has 2 heterocycles. The van der Waals surface area contributed by atoms with Crippen molar-refractivity contribution in [3.63, 3.8) is 0 Å². The molecule has 1 saturated heterocycles. The maximum Gasteiger partial charge on any atom is 0.322 e. The maximum atomic E-state index is 15.2. The normalized spacial score (nSPS) is 17.9. The first kappa shape index (κ1) is 26.0. The van der Waals surface area contributed by atoms with E-state index in [1.807, 2.05) is 30.3 Å². The van der Waals surface area contributed by atoms with Crippen LogP contribution in [0.15, 0.2) is 66.7 Å². The summed E-state index contributed by atoms with van der Waals surface area (Å²) in [6.45, 7) is 3.87. The highest BCUT2D eigenvalue weighted by Gasteiger charge is 2.35. The number of urea groups is 1. The molecule has 2 N–H and O–H groups in total. The zero-order chi connectivity index (χ0) is 26.6. The van der Waals surface area contributed by atoms with Gasteiger partial charge in [0.15, 0.2) is 0 Å². The van der Waals surface area contributed by atoms with E-state index in [0.29, 0.717) is 17.1 Å². The van der Waals surface area contributed by atoms with Crippen molar-refractivity contribution in [1.82, 2.24) is 9.80 Å². The van der Waals surface area contributed by atoms with Gasteiger partial charge in [0.2, 0.25) is 5.91 Å². The summed E-state index contributed by atoms with van der Waals surface area (Å²) in [7, 11) is 2.09. The highest BCUT2D eigenvalue weighted by atomic mass is 35.5. The average molecular weight is 536 g/mol. The van der Waals surface area contributed by atoms with E-state index in [2.05, 4.69) is 27.5 Å². The first-order valence-electron chi connectivity index (χ1n) is 12.8. The van der Waals surface area contributed by atoms with Gasteiger partial charge in [0, 0.05) is 49.0 Å². The van der Waals surface area contributed by atoms with E-state index in [4.69, 9.17) is 11.6 Å². The van der Waals surface area contributed by atoms with Gasteiger partial charge < -0.3 is 25.3 Å². The van der Waals surface area contributed by atoms with Crippen LogP contribution in [-0.4, -0.2) is 61.0 Å². The van der Waals surface area contributed by atoms with Gasteiger partial charge in [0.05, 0.1) is 5.69 Å². The fourth-order valence-corrected chi connectivity index (χ4v) is 5.15. The molecule has 0 unspecified atom stereocenters. The van der Waals surface area contributed by atoms with Crippen LogP contribution >= 0.6 is 11.6 Å². The number of nitrogens with one attached hydrogen (secondary N) is 2. The zero-order valence-electron chi connectivity index (χ0n) is 21.3. The smallest absolute Gasteiger partial charge is 0.322 e. The fourth-order valence-electron chi connectivity index (χ4n) is 5.02. The van der Waals surface area contributed by atoms with Crippen LogP contribution in [0, 0.1) is 5.82 Å². The third kappa shape index (κ3) is 5.92. The van der Waals surface area contributed by atoms with Gasteiger partial charge in [-0.05, 0) is 73.6 Å². The Morgan fingerprint density at radius 3 is 2.45 bits per heavy atom. The van der Waals surface area contributed by atoms with Crippen LogP contribution < -0.4 is 15.5 Å². The summed E-state index contributed by atoms with van der Waals surface area (Å²) in [5, 5.41) is 6.14. The van der Waals surface area contributed by atoms with Crippen molar-refractivity contribution in [3.05, 3.63) is 88.7 Å². The number of amides is 3. The summed E-state index contributed by atoms with van der Waals surface area (Å²) in [6.07, 6.45) is 1.34. The Bertz CT molecular complexity index is 1320. The molecule has 3 amide bonds. The highest BCUT2D eigenvalue weighted by Crippen LogP contribution is 2.27. The predicted octanol–water partition coefficient (Wildman–Crippen LogP) is 5.22. The van der Waals surface area contributed by atoms with Gasteiger partial charge in [0.25, 0.3) is 0 Å². The van der Waals surface area contributed by atoms with Crippen LogP contribution in [0.4, 0.5) is 26.2 Å². The Labute approximate surface area is 227 Å². The monoisotopic (exact) mass is 535 g/mol. The molecule has 1 fully saturated rings. The molecule has 0 aromatic heterocycles. The molecule has 3 aromatic carbocycles. The van der Waals surface area contributed by atoms with Gasteiger partial charge in [-0.1, -0.05) is 35.9 Å². The van der Waals surface area contributed by atoms with E-state index in [0.717, 1.165) is 49.4 Å². The third-order valence-corrected chi connectivity index (χ3v) is 7.45. The van der Waals surface area contributed by atoms with Crippen molar-refractivity contribution < 1.29 is 14.0 Å². The van der Waals surface area contributed by atoms with Crippen LogP contribution in [0.2, 0.25) is 5.02 Å². The van der Waals surface area contributed by atoms with Crippen molar-refractivity contribution in [1.29, 1.82) is 0 Å². The van der Waals surface area contributed by atoms with E-state index in [1.165, 1.54) is 11.0 Å². The summed E-state index contributed by atoms with van der Waals surface area (Å²) in [4.78, 5) is 32.7. The molecule has 38 heavy (non-hydrogen) atoms. The molecule has 2 aliphatic rings. The number of benzene rings is 3. The number of carbonyl (C=O) groups excluding carboxylic acids is 2. The number of hydrogen-bond donors (Lipinski definition) is 2. The first-order chi connectivity index (χ1) is 18.4. The number of rotatable bonds is 4. The second kappa shape index (κ2) is 11.4. The average Bonchev–Trinajstić information content (AvgIpc) is 3.14. The van der Waals surface area contributed by atoms with Crippen LogP contribution in [0.1, 0.15) is 17.5 Å². The molecule has 0 spiro atoms. The van der Waals surface area contributed by atoms with Gasteiger partial charge in [-0.2, -0.15) is 0 Å². The van der Waals surface area contributed by atoms with Gasteiger partial charge in [-0.3, -0.25) is 4.79 Å². The third-order valence-electron chi connectivity index (χ3n) is 7.20. The molecule has 7 nitrogen and oxygen atoms in total. The van der Waals surface area contributed by atoms with Crippen molar-refractivity contribution in [2.24, 2.45) is 0 Å². The quantitative estimate of drug-likeness (QED) is 0.481. The number of hydrogen-bond acceptors (Lipinski definition) is 4. The Morgan fingerprint density at radius 1 is 0.921 bits per heavy atom. The van der Waals surface area contributed by atoms with Gasteiger partial charge in [-0.15, -0.1) is 0 Å². The largest absolute Gasteiger partial charge is 0.370 e. The van der Waals surface area contributed by atoms with Gasteiger partial charge >= 0.3 is 6.03 Å². The SMILES string of the molecule is CN1CCCN(c2ccc(NC(=O)[C@H]3Cc4ccccc4CN3C(=O)Nc3ccc(Cl)cc3)c(F)c2)CC1. The van der Waals surface area contributed by atoms with Crippen LogP contribution in [0.3, 0.4) is 0 Å². The van der Waals surface area contributed by atoms with E-state index in [9.17, 15) is 9.59 Å². The molecule has 0 bridgehead atoms. The fraction of sp³-hybridized carbons (Fsp3) is 0.310. The van der Waals surface area contributed by atoms with Crippen molar-refractivity contribution in [2.75, 3.05) is 48.8 Å². The molecule has 3 aromatic rings. The van der Waals surface area contributed by atoms with E-state index >= 15 is 4.39 Å². The standard InChI is InChI=1S/C29H31ClFN5O2/c1-34-13-4-14-35(16-15-34)24-11-12-26(25(31)18-24)33-28(37)27-17-20-5-2-3-6-21(20)19-36(27)29(38)32-23-9-7-22(30)8-10-23/h2-3,5-12,18,27H,4,13-17,19H2,1H3,(H,32,38)(H,33,37)/t27-/m1/s1. The summed E-state index contributed by atoms with van der Waals surface area (Å²) < 4.78 is 15.2. The topological polar surface area (TPSA) is 67.9 Å². The number of halogens is 2. The molecule has 0 aliphatic carbocycles. The molecule has 198 valence electrons. The zero-order valence-corrected chi connectivity index (χ0v) is 22.0. The summed E-state index contributed by atoms with van der Waals surface area (Å²) in [5.41, 5.74) is 3.43. The van der Waals surface area contributed by atoms with Gasteiger partial charge in [-0.25, -0.2) is 9.18 Å². The minimum absolute atomic E-state index is 0.0996. The van der Waals surface area contributed by atoms with E-state index < -0.39 is 23.8 Å². The lowest BCUT2D eigenvalue weighted by Gasteiger charge is -2.36. The molecular formula is C29H31ClFN5O2. The molecule has 9 heteroatoms. The number of fused-ring (bicyclic) bond motifs is 1. The molecule has 2 aliphatic heterocycles. The lowest BCUT2D eigenvalue weighted by molar-refractivity contribution is -0.120. The van der Waals surface area contributed by atoms with Crippen molar-refractivity contribution >= 4 is 40.6 Å². The Morgan fingerprint density at radius 2 is 1.68 bits per heavy atom. The molecule has 0 saturated carbocycles.